The fourth-order valence-corrected chi connectivity index (χ4v) is 13.5. The average molecular weight is 863 g/mol. The Labute approximate surface area is 368 Å². The number of carbonyl (C=O) groups is 1. The van der Waals surface area contributed by atoms with Gasteiger partial charge in [0.15, 0.2) is 5.79 Å². The van der Waals surface area contributed by atoms with Gasteiger partial charge in [-0.1, -0.05) is 150 Å². The van der Waals surface area contributed by atoms with Crippen molar-refractivity contribution in [3.63, 3.8) is 0 Å². The predicted octanol–water partition coefficient (Wildman–Crippen LogP) is 11.2. The molecule has 1 heterocycles. The van der Waals surface area contributed by atoms with E-state index in [9.17, 15) is 4.79 Å². The second-order valence-electron chi connectivity index (χ2n) is 19.1. The molecule has 1 aliphatic rings. The third kappa shape index (κ3) is 12.7. The first-order valence-corrected chi connectivity index (χ1v) is 27.4. The molecule has 0 aromatic heterocycles. The van der Waals surface area contributed by atoms with Gasteiger partial charge in [-0.2, -0.15) is 0 Å². The smallest absolute Gasteiger partial charge is 0.339 e. The number of hydrogen-bond donors (Lipinski definition) is 0. The summed E-state index contributed by atoms with van der Waals surface area (Å²) in [6.45, 7) is 24.7. The molecule has 1 fully saturated rings. The SMILES string of the molecule is COc1ccc(COC(/C=C\C[C@H](C)O[Si](c2ccccc2)(c2ccccc2)C(C)(C)C)[C@H]2OC(C)(C)O[C@@H]2C/C=C/c2c(C)ccc(C)c2C(=O)OCC[Si](C)(C)C)cc1. The Morgan fingerprint density at radius 1 is 0.836 bits per heavy atom. The lowest BCUT2D eigenvalue weighted by Crippen LogP contribution is -2.67. The van der Waals surface area contributed by atoms with Crippen molar-refractivity contribution in [1.29, 1.82) is 0 Å². The van der Waals surface area contributed by atoms with Crippen LogP contribution in [0.15, 0.2) is 115 Å². The topological polar surface area (TPSA) is 72.5 Å². The second-order valence-corrected chi connectivity index (χ2v) is 29.0. The van der Waals surface area contributed by atoms with E-state index in [0.717, 1.165) is 34.0 Å². The number of hydrogen-bond acceptors (Lipinski definition) is 7. The van der Waals surface area contributed by atoms with Gasteiger partial charge in [0.05, 0.1) is 32.0 Å². The molecule has 1 saturated heterocycles. The summed E-state index contributed by atoms with van der Waals surface area (Å²) in [5.41, 5.74) is 4.42. The van der Waals surface area contributed by atoms with Gasteiger partial charge in [0.25, 0.3) is 8.32 Å². The number of aryl methyl sites for hydroxylation is 2. The minimum absolute atomic E-state index is 0.0882. The van der Waals surface area contributed by atoms with E-state index in [0.29, 0.717) is 31.6 Å². The molecule has 0 radical (unpaired) electrons. The van der Waals surface area contributed by atoms with Crippen molar-refractivity contribution in [2.45, 2.75) is 136 Å². The molecule has 1 unspecified atom stereocenters. The molecule has 0 bridgehead atoms. The molecule has 4 aromatic rings. The Kier molecular flexibility index (Phi) is 16.4. The van der Waals surface area contributed by atoms with E-state index in [-0.39, 0.29) is 23.2 Å². The zero-order valence-electron chi connectivity index (χ0n) is 38.7. The normalized spacial score (nSPS) is 18.1. The summed E-state index contributed by atoms with van der Waals surface area (Å²) in [4.78, 5) is 13.5. The zero-order valence-corrected chi connectivity index (χ0v) is 40.7. The van der Waals surface area contributed by atoms with Gasteiger partial charge in [0, 0.05) is 14.2 Å². The van der Waals surface area contributed by atoms with E-state index in [1.54, 1.807) is 7.11 Å². The van der Waals surface area contributed by atoms with Gasteiger partial charge < -0.3 is 28.1 Å². The Morgan fingerprint density at radius 3 is 2.02 bits per heavy atom. The van der Waals surface area contributed by atoms with Crippen molar-refractivity contribution in [2.24, 2.45) is 0 Å². The zero-order chi connectivity index (χ0) is 44.4. The molecule has 5 rings (SSSR count). The van der Waals surface area contributed by atoms with Crippen LogP contribution >= 0.6 is 0 Å². The van der Waals surface area contributed by atoms with Crippen LogP contribution in [0.4, 0.5) is 0 Å². The van der Waals surface area contributed by atoms with Gasteiger partial charge in [-0.15, -0.1) is 0 Å². The number of carbonyl (C=O) groups excluding carboxylic acids is 1. The minimum Gasteiger partial charge on any atom is -0.497 e. The summed E-state index contributed by atoms with van der Waals surface area (Å²) in [5.74, 6) is -0.310. The lowest BCUT2D eigenvalue weighted by atomic mass is 9.96. The number of ether oxygens (including phenoxy) is 5. The van der Waals surface area contributed by atoms with Crippen LogP contribution in [0, 0.1) is 13.8 Å². The van der Waals surface area contributed by atoms with Gasteiger partial charge in [0.1, 0.15) is 18.0 Å². The number of benzene rings is 4. The summed E-state index contributed by atoms with van der Waals surface area (Å²) >= 11 is 0. The lowest BCUT2D eigenvalue weighted by Gasteiger charge is -2.44. The number of rotatable bonds is 19. The first-order chi connectivity index (χ1) is 28.8. The second kappa shape index (κ2) is 20.8. The van der Waals surface area contributed by atoms with E-state index in [2.05, 4.69) is 132 Å². The summed E-state index contributed by atoms with van der Waals surface area (Å²) in [5, 5.41) is 2.38. The van der Waals surface area contributed by atoms with Gasteiger partial charge >= 0.3 is 5.97 Å². The Morgan fingerprint density at radius 2 is 1.44 bits per heavy atom. The van der Waals surface area contributed by atoms with Gasteiger partial charge in [-0.05, 0) is 103 Å². The molecular weight excluding hydrogens is 793 g/mol. The fraction of sp³-hybridized carbons (Fsp3) is 0.442. The molecule has 4 aromatic carbocycles. The molecule has 328 valence electrons. The highest BCUT2D eigenvalue weighted by Crippen LogP contribution is 2.38. The molecule has 4 atom stereocenters. The fourth-order valence-electron chi connectivity index (χ4n) is 8.10. The molecule has 0 spiro atoms. The first-order valence-electron chi connectivity index (χ1n) is 21.8. The van der Waals surface area contributed by atoms with Crippen molar-refractivity contribution in [2.75, 3.05) is 13.7 Å². The van der Waals surface area contributed by atoms with Crippen LogP contribution in [0.3, 0.4) is 0 Å². The van der Waals surface area contributed by atoms with Gasteiger partial charge in [-0.25, -0.2) is 4.79 Å². The van der Waals surface area contributed by atoms with Crippen LogP contribution in [-0.4, -0.2) is 66.3 Å². The van der Waals surface area contributed by atoms with E-state index < -0.39 is 34.4 Å². The molecule has 0 amide bonds. The maximum Gasteiger partial charge on any atom is 0.339 e. The highest BCUT2D eigenvalue weighted by molar-refractivity contribution is 6.99. The quantitative estimate of drug-likeness (QED) is 0.0528. The largest absolute Gasteiger partial charge is 0.497 e. The predicted molar refractivity (Wildman–Crippen MR) is 255 cm³/mol. The maximum atomic E-state index is 13.5. The highest BCUT2D eigenvalue weighted by Gasteiger charge is 2.51. The molecule has 9 heteroatoms. The molecule has 0 saturated carbocycles. The van der Waals surface area contributed by atoms with Crippen LogP contribution in [0.1, 0.15) is 87.0 Å². The number of esters is 1. The van der Waals surface area contributed by atoms with Crippen LogP contribution in [0.2, 0.25) is 30.7 Å². The average Bonchev–Trinajstić information content (AvgIpc) is 3.52. The Bertz CT molecular complexity index is 2030. The summed E-state index contributed by atoms with van der Waals surface area (Å²) < 4.78 is 38.7. The standard InChI is InChI=1S/C52H70O7Si2/c1-38-29-30-39(2)48(50(53)55-35-36-60(10,11)12)45(38)26-20-28-47-49(58-52(7,8)57-47)46(56-37-41-31-33-42(54-9)34-32-41)27-19-21-40(3)59-61(51(4,5)6,43-22-15-13-16-23-43)44-24-17-14-18-25-44/h13-20,22-27,29-34,40,46-47,49H,21,28,35-37H2,1-12H3/b26-20+,27-19-/t40-,46?,47+,49+/m0/s1. The Hall–Kier alpha value is -4.10. The summed E-state index contributed by atoms with van der Waals surface area (Å²) in [6.07, 6.45) is 8.41. The lowest BCUT2D eigenvalue weighted by molar-refractivity contribution is -0.156. The maximum absolute atomic E-state index is 13.5. The van der Waals surface area contributed by atoms with Crippen molar-refractivity contribution < 1.29 is 32.9 Å². The van der Waals surface area contributed by atoms with Crippen molar-refractivity contribution in [3.05, 3.63) is 143 Å². The van der Waals surface area contributed by atoms with Crippen molar-refractivity contribution in [1.82, 2.24) is 0 Å². The monoisotopic (exact) mass is 862 g/mol. The van der Waals surface area contributed by atoms with Crippen LogP contribution < -0.4 is 15.1 Å². The molecule has 7 nitrogen and oxygen atoms in total. The van der Waals surface area contributed by atoms with Crippen LogP contribution in [0.25, 0.3) is 6.08 Å². The molecule has 61 heavy (non-hydrogen) atoms. The molecule has 1 aliphatic heterocycles. The third-order valence-corrected chi connectivity index (χ3v) is 18.2. The van der Waals surface area contributed by atoms with E-state index in [1.807, 2.05) is 64.1 Å². The van der Waals surface area contributed by atoms with Crippen molar-refractivity contribution >= 4 is 38.8 Å². The van der Waals surface area contributed by atoms with Gasteiger partial charge in [0.2, 0.25) is 0 Å². The molecular formula is C52H70O7Si2. The van der Waals surface area contributed by atoms with Crippen molar-refractivity contribution in [3.8, 4) is 5.75 Å². The van der Waals surface area contributed by atoms with Crippen LogP contribution in [0.5, 0.6) is 5.75 Å². The third-order valence-electron chi connectivity index (χ3n) is 11.3. The van der Waals surface area contributed by atoms with Gasteiger partial charge in [-0.3, -0.25) is 0 Å². The van der Waals surface area contributed by atoms with E-state index in [4.69, 9.17) is 28.1 Å². The highest BCUT2D eigenvalue weighted by atomic mass is 28.4. The Balaban J connectivity index is 1.41. The summed E-state index contributed by atoms with van der Waals surface area (Å²) in [7, 11) is -2.43. The number of methoxy groups -OCH3 is 1. The minimum atomic E-state index is -2.74. The van der Waals surface area contributed by atoms with E-state index >= 15 is 0 Å². The van der Waals surface area contributed by atoms with E-state index in [1.165, 1.54) is 10.4 Å². The van der Waals surface area contributed by atoms with Crippen LogP contribution in [-0.2, 0) is 30.0 Å². The molecule has 0 aliphatic carbocycles. The molecule has 0 N–H and O–H groups in total. The summed E-state index contributed by atoms with van der Waals surface area (Å²) in [6, 6.07) is 34.4. The first kappa shape index (κ1) is 47.9.